The van der Waals surface area contributed by atoms with Crippen LogP contribution in [0.2, 0.25) is 0 Å². The van der Waals surface area contributed by atoms with Crippen LogP contribution in [-0.4, -0.2) is 26.5 Å². The molecule has 1 N–H and O–H groups in total. The maximum atomic E-state index is 12.3. The number of pyridine rings is 1. The molecule has 0 spiro atoms. The van der Waals surface area contributed by atoms with E-state index in [-0.39, 0.29) is 24.1 Å². The fourth-order valence-corrected chi connectivity index (χ4v) is 3.05. The summed E-state index contributed by atoms with van der Waals surface area (Å²) in [5.74, 6) is 0.360. The van der Waals surface area contributed by atoms with Crippen molar-refractivity contribution in [1.29, 1.82) is 0 Å². The molecule has 1 aliphatic carbocycles. The fraction of sp³-hybridized carbons (Fsp3) is 0.500. The van der Waals surface area contributed by atoms with Crippen LogP contribution in [0.1, 0.15) is 32.6 Å². The molecule has 1 saturated carbocycles. The summed E-state index contributed by atoms with van der Waals surface area (Å²) in [7, 11) is 0. The first-order valence-electron chi connectivity index (χ1n) is 7.74. The van der Waals surface area contributed by atoms with Gasteiger partial charge in [0.2, 0.25) is 5.91 Å². The average molecular weight is 300 g/mol. The van der Waals surface area contributed by atoms with Crippen molar-refractivity contribution < 1.29 is 4.79 Å². The summed E-state index contributed by atoms with van der Waals surface area (Å²) in [6.45, 7) is 2.17. The predicted molar refractivity (Wildman–Crippen MR) is 83.4 cm³/mol. The Labute approximate surface area is 128 Å². The van der Waals surface area contributed by atoms with Gasteiger partial charge in [-0.2, -0.15) is 0 Å². The smallest absolute Gasteiger partial charge is 0.263 e. The van der Waals surface area contributed by atoms with Gasteiger partial charge in [0.15, 0.2) is 5.65 Å². The van der Waals surface area contributed by atoms with Crippen molar-refractivity contribution in [2.75, 3.05) is 0 Å². The number of nitrogens with zero attached hydrogens (tertiary/aromatic N) is 3. The van der Waals surface area contributed by atoms with Crippen LogP contribution >= 0.6 is 0 Å². The van der Waals surface area contributed by atoms with Crippen molar-refractivity contribution in [3.63, 3.8) is 0 Å². The van der Waals surface area contributed by atoms with E-state index >= 15 is 0 Å². The average Bonchev–Trinajstić information content (AvgIpc) is 2.53. The van der Waals surface area contributed by atoms with Crippen LogP contribution in [0.3, 0.4) is 0 Å². The van der Waals surface area contributed by atoms with Gasteiger partial charge in [-0.1, -0.05) is 19.8 Å². The third-order valence-corrected chi connectivity index (χ3v) is 4.37. The van der Waals surface area contributed by atoms with Crippen molar-refractivity contribution in [3.05, 3.63) is 35.0 Å². The number of hydrogen-bond acceptors (Lipinski definition) is 4. The molecule has 2 unspecified atom stereocenters. The number of carbonyl (C=O) groups is 1. The van der Waals surface area contributed by atoms with E-state index in [1.807, 2.05) is 0 Å². The zero-order chi connectivity index (χ0) is 15.5. The van der Waals surface area contributed by atoms with Gasteiger partial charge >= 0.3 is 0 Å². The molecule has 3 rings (SSSR count). The lowest BCUT2D eigenvalue weighted by molar-refractivity contribution is -0.123. The van der Waals surface area contributed by atoms with Gasteiger partial charge in [-0.25, -0.2) is 9.97 Å². The molecule has 0 bridgehead atoms. The molecule has 0 radical (unpaired) electrons. The SMILES string of the molecule is CC1CCCCC1NC(=O)Cn1cnc2ncccc2c1=O. The van der Waals surface area contributed by atoms with Gasteiger partial charge in [-0.3, -0.25) is 14.2 Å². The van der Waals surface area contributed by atoms with Crippen molar-refractivity contribution in [1.82, 2.24) is 19.9 Å². The van der Waals surface area contributed by atoms with Crippen LogP contribution in [0.5, 0.6) is 0 Å². The van der Waals surface area contributed by atoms with Crippen LogP contribution in [0.25, 0.3) is 11.0 Å². The Morgan fingerprint density at radius 1 is 1.36 bits per heavy atom. The van der Waals surface area contributed by atoms with E-state index in [0.717, 1.165) is 19.3 Å². The molecule has 0 aliphatic heterocycles. The molecule has 0 saturated heterocycles. The van der Waals surface area contributed by atoms with Gasteiger partial charge in [0, 0.05) is 12.2 Å². The maximum absolute atomic E-state index is 12.3. The molecule has 0 aromatic carbocycles. The van der Waals surface area contributed by atoms with Crippen molar-refractivity contribution in [2.24, 2.45) is 5.92 Å². The maximum Gasteiger partial charge on any atom is 0.263 e. The number of rotatable bonds is 3. The first-order valence-corrected chi connectivity index (χ1v) is 7.74. The second kappa shape index (κ2) is 6.25. The van der Waals surface area contributed by atoms with Crippen LogP contribution in [0, 0.1) is 5.92 Å². The van der Waals surface area contributed by atoms with Crippen LogP contribution in [0.4, 0.5) is 0 Å². The Hall–Kier alpha value is -2.24. The van der Waals surface area contributed by atoms with Crippen molar-refractivity contribution >= 4 is 16.9 Å². The lowest BCUT2D eigenvalue weighted by Gasteiger charge is -2.29. The van der Waals surface area contributed by atoms with E-state index in [2.05, 4.69) is 22.2 Å². The Kier molecular flexibility index (Phi) is 4.18. The molecule has 2 atom stereocenters. The Morgan fingerprint density at radius 2 is 2.18 bits per heavy atom. The summed E-state index contributed by atoms with van der Waals surface area (Å²) in [6.07, 6.45) is 7.53. The predicted octanol–water partition coefficient (Wildman–Crippen LogP) is 1.49. The lowest BCUT2D eigenvalue weighted by Crippen LogP contribution is -2.43. The molecule has 22 heavy (non-hydrogen) atoms. The van der Waals surface area contributed by atoms with E-state index < -0.39 is 0 Å². The van der Waals surface area contributed by atoms with E-state index in [9.17, 15) is 9.59 Å². The highest BCUT2D eigenvalue weighted by molar-refractivity contribution is 5.77. The van der Waals surface area contributed by atoms with Gasteiger partial charge in [-0.05, 0) is 30.9 Å². The van der Waals surface area contributed by atoms with Gasteiger partial charge in [-0.15, -0.1) is 0 Å². The summed E-state index contributed by atoms with van der Waals surface area (Å²) in [5.41, 5.74) is 0.176. The third-order valence-electron chi connectivity index (χ3n) is 4.37. The number of fused-ring (bicyclic) bond motifs is 1. The molecule has 1 aliphatic rings. The standard InChI is InChI=1S/C16H20N4O2/c1-11-5-2-3-7-13(11)19-14(21)9-20-10-18-15-12(16(20)22)6-4-8-17-15/h4,6,8,10-11,13H,2-3,5,7,9H2,1H3,(H,19,21). The Bertz CT molecular complexity index is 740. The molecule has 1 fully saturated rings. The second-order valence-electron chi connectivity index (χ2n) is 5.99. The summed E-state index contributed by atoms with van der Waals surface area (Å²) in [4.78, 5) is 32.7. The summed E-state index contributed by atoms with van der Waals surface area (Å²) >= 11 is 0. The fourth-order valence-electron chi connectivity index (χ4n) is 3.05. The Balaban J connectivity index is 1.74. The van der Waals surface area contributed by atoms with Crippen LogP contribution in [0.15, 0.2) is 29.5 Å². The third kappa shape index (κ3) is 3.00. The number of carbonyl (C=O) groups excluding carboxylic acids is 1. The minimum atomic E-state index is -0.232. The largest absolute Gasteiger partial charge is 0.352 e. The van der Waals surface area contributed by atoms with Gasteiger partial charge in [0.25, 0.3) is 5.56 Å². The first-order chi connectivity index (χ1) is 10.6. The molecule has 116 valence electrons. The van der Waals surface area contributed by atoms with E-state index in [1.54, 1.807) is 18.3 Å². The van der Waals surface area contributed by atoms with Gasteiger partial charge < -0.3 is 5.32 Å². The van der Waals surface area contributed by atoms with Crippen LogP contribution < -0.4 is 10.9 Å². The van der Waals surface area contributed by atoms with Gasteiger partial charge in [0.05, 0.1) is 5.39 Å². The highest BCUT2D eigenvalue weighted by Gasteiger charge is 2.22. The zero-order valence-corrected chi connectivity index (χ0v) is 12.7. The zero-order valence-electron chi connectivity index (χ0n) is 12.7. The lowest BCUT2D eigenvalue weighted by atomic mass is 9.86. The Morgan fingerprint density at radius 3 is 3.00 bits per heavy atom. The number of hydrogen-bond donors (Lipinski definition) is 1. The van der Waals surface area contributed by atoms with Crippen molar-refractivity contribution in [2.45, 2.75) is 45.2 Å². The van der Waals surface area contributed by atoms with Gasteiger partial charge in [0.1, 0.15) is 12.9 Å². The summed E-state index contributed by atoms with van der Waals surface area (Å²) in [5, 5.41) is 3.48. The highest BCUT2D eigenvalue weighted by Crippen LogP contribution is 2.23. The first kappa shape index (κ1) is 14.7. The molecular formula is C16H20N4O2. The minimum Gasteiger partial charge on any atom is -0.352 e. The second-order valence-corrected chi connectivity index (χ2v) is 5.99. The summed E-state index contributed by atoms with van der Waals surface area (Å²) < 4.78 is 1.34. The molecule has 2 aromatic heterocycles. The summed E-state index contributed by atoms with van der Waals surface area (Å²) in [6, 6.07) is 3.58. The molecule has 6 nitrogen and oxygen atoms in total. The topological polar surface area (TPSA) is 76.9 Å². The molecule has 6 heteroatoms. The molecule has 2 aromatic rings. The quantitative estimate of drug-likeness (QED) is 0.931. The molecular weight excluding hydrogens is 280 g/mol. The van der Waals surface area contributed by atoms with E-state index in [0.29, 0.717) is 17.0 Å². The number of nitrogens with one attached hydrogen (secondary N) is 1. The number of amides is 1. The highest BCUT2D eigenvalue weighted by atomic mass is 16.2. The number of aromatic nitrogens is 3. The van der Waals surface area contributed by atoms with E-state index in [1.165, 1.54) is 17.3 Å². The molecule has 1 amide bonds. The normalized spacial score (nSPS) is 21.7. The van der Waals surface area contributed by atoms with Crippen molar-refractivity contribution in [3.8, 4) is 0 Å². The molecule has 2 heterocycles. The minimum absolute atomic E-state index is 0.000111. The van der Waals surface area contributed by atoms with E-state index in [4.69, 9.17) is 0 Å². The van der Waals surface area contributed by atoms with Crippen LogP contribution in [-0.2, 0) is 11.3 Å². The monoisotopic (exact) mass is 300 g/mol.